The Labute approximate surface area is 204 Å². The van der Waals surface area contributed by atoms with Crippen molar-refractivity contribution in [2.45, 2.75) is 45.9 Å². The Morgan fingerprint density at radius 3 is 1.83 bits per heavy atom. The molecule has 2 amide bonds. The number of ether oxygens (including phenoxy) is 4. The van der Waals surface area contributed by atoms with Crippen LogP contribution >= 0.6 is 0 Å². The molecular formula is C24H34N2O9. The van der Waals surface area contributed by atoms with E-state index < -0.39 is 53.8 Å². The number of alkyl carbamates (subject to hydrolysis) is 1. The van der Waals surface area contributed by atoms with E-state index in [2.05, 4.69) is 20.1 Å². The maximum atomic E-state index is 13.1. The lowest BCUT2D eigenvalue weighted by molar-refractivity contribution is -0.163. The lowest BCUT2D eigenvalue weighted by Crippen LogP contribution is -2.56. The van der Waals surface area contributed by atoms with E-state index in [1.54, 1.807) is 24.3 Å². The number of amides is 2. The molecule has 194 valence electrons. The molecule has 0 spiro atoms. The van der Waals surface area contributed by atoms with Crippen molar-refractivity contribution in [3.05, 3.63) is 35.9 Å². The Balaban J connectivity index is 3.04. The third-order valence-corrected chi connectivity index (χ3v) is 5.24. The van der Waals surface area contributed by atoms with E-state index in [9.17, 15) is 24.0 Å². The van der Waals surface area contributed by atoms with Gasteiger partial charge in [-0.3, -0.25) is 14.4 Å². The molecule has 1 rings (SSSR count). The van der Waals surface area contributed by atoms with Crippen LogP contribution in [0.2, 0.25) is 0 Å². The van der Waals surface area contributed by atoms with Crippen LogP contribution in [0.5, 0.6) is 0 Å². The quantitative estimate of drug-likeness (QED) is 0.251. The molecule has 0 heterocycles. The molecule has 0 saturated carbocycles. The van der Waals surface area contributed by atoms with Crippen LogP contribution in [0.25, 0.3) is 0 Å². The lowest BCUT2D eigenvalue weighted by Gasteiger charge is -2.29. The highest BCUT2D eigenvalue weighted by Gasteiger charge is 2.43. The van der Waals surface area contributed by atoms with E-state index in [-0.39, 0.29) is 18.9 Å². The number of esters is 3. The minimum absolute atomic E-state index is 0.00441. The first-order chi connectivity index (χ1) is 16.5. The largest absolute Gasteiger partial charge is 0.468 e. The predicted octanol–water partition coefficient (Wildman–Crippen LogP) is 1.58. The van der Waals surface area contributed by atoms with Crippen LogP contribution in [0.1, 0.15) is 32.8 Å². The monoisotopic (exact) mass is 494 g/mol. The Bertz CT molecular complexity index is 857. The summed E-state index contributed by atoms with van der Waals surface area (Å²) in [6, 6.07) is 6.53. The van der Waals surface area contributed by atoms with Gasteiger partial charge >= 0.3 is 24.0 Å². The highest BCUT2D eigenvalue weighted by Crippen LogP contribution is 2.21. The smallest absolute Gasteiger partial charge is 0.408 e. The van der Waals surface area contributed by atoms with E-state index >= 15 is 0 Å². The average Bonchev–Trinajstić information content (AvgIpc) is 2.84. The van der Waals surface area contributed by atoms with E-state index in [1.165, 1.54) is 6.92 Å². The molecule has 0 fully saturated rings. The van der Waals surface area contributed by atoms with E-state index in [0.717, 1.165) is 26.9 Å². The van der Waals surface area contributed by atoms with Gasteiger partial charge in [0, 0.05) is 5.92 Å². The van der Waals surface area contributed by atoms with Gasteiger partial charge in [0.05, 0.1) is 21.3 Å². The summed E-state index contributed by atoms with van der Waals surface area (Å²) in [6.07, 6.45) is -0.592. The second-order valence-electron chi connectivity index (χ2n) is 8.28. The molecule has 1 aromatic carbocycles. The molecule has 0 aliphatic carbocycles. The molecule has 0 aliphatic heterocycles. The molecule has 1 aromatic rings. The molecule has 0 aromatic heterocycles. The fraction of sp³-hybridized carbons (Fsp3) is 0.542. The van der Waals surface area contributed by atoms with Crippen molar-refractivity contribution < 1.29 is 42.9 Å². The van der Waals surface area contributed by atoms with Crippen molar-refractivity contribution in [2.24, 2.45) is 17.8 Å². The number of benzene rings is 1. The molecule has 0 bridgehead atoms. The first-order valence-electron chi connectivity index (χ1n) is 11.1. The first-order valence-corrected chi connectivity index (χ1v) is 11.1. The van der Waals surface area contributed by atoms with E-state index in [1.807, 2.05) is 19.9 Å². The Morgan fingerprint density at radius 2 is 1.34 bits per heavy atom. The SMILES string of the molecule is COC(=O)C(C(=O)OC)[C@@H](C)[C@H](NC(=O)[C@H](CC(C)C)NC(=O)OCc1ccccc1)C(=O)OC. The number of carbonyl (C=O) groups excluding carboxylic acids is 5. The van der Waals surface area contributed by atoms with Crippen LogP contribution in [0.3, 0.4) is 0 Å². The number of nitrogens with one attached hydrogen (secondary N) is 2. The number of hydrogen-bond acceptors (Lipinski definition) is 9. The molecule has 0 radical (unpaired) electrons. The Hall–Kier alpha value is -3.63. The van der Waals surface area contributed by atoms with Gasteiger partial charge in [-0.1, -0.05) is 51.1 Å². The maximum Gasteiger partial charge on any atom is 0.408 e. The van der Waals surface area contributed by atoms with Crippen LogP contribution < -0.4 is 10.6 Å². The number of rotatable bonds is 12. The lowest BCUT2D eigenvalue weighted by atomic mass is 9.87. The van der Waals surface area contributed by atoms with Gasteiger partial charge in [0.2, 0.25) is 5.91 Å². The van der Waals surface area contributed by atoms with Gasteiger partial charge in [0.1, 0.15) is 18.7 Å². The van der Waals surface area contributed by atoms with Gasteiger partial charge in [0.15, 0.2) is 5.92 Å². The highest BCUT2D eigenvalue weighted by molar-refractivity contribution is 5.97. The van der Waals surface area contributed by atoms with Crippen LogP contribution in [-0.4, -0.2) is 63.3 Å². The van der Waals surface area contributed by atoms with Gasteiger partial charge in [0.25, 0.3) is 0 Å². The van der Waals surface area contributed by atoms with Crippen molar-refractivity contribution in [3.8, 4) is 0 Å². The van der Waals surface area contributed by atoms with E-state index in [4.69, 9.17) is 9.47 Å². The maximum absolute atomic E-state index is 13.1. The fourth-order valence-corrected chi connectivity index (χ4v) is 3.37. The summed E-state index contributed by atoms with van der Waals surface area (Å²) in [5.41, 5.74) is 0.767. The zero-order valence-corrected chi connectivity index (χ0v) is 20.9. The molecule has 11 heteroatoms. The second-order valence-corrected chi connectivity index (χ2v) is 8.28. The van der Waals surface area contributed by atoms with E-state index in [0.29, 0.717) is 0 Å². The molecule has 35 heavy (non-hydrogen) atoms. The van der Waals surface area contributed by atoms with Crippen molar-refractivity contribution >= 4 is 29.9 Å². The second kappa shape index (κ2) is 14.6. The third kappa shape index (κ3) is 9.26. The molecule has 0 unspecified atom stereocenters. The summed E-state index contributed by atoms with van der Waals surface area (Å²) in [6.45, 7) is 5.11. The molecule has 11 nitrogen and oxygen atoms in total. The average molecular weight is 495 g/mol. The summed E-state index contributed by atoms with van der Waals surface area (Å²) in [4.78, 5) is 62.4. The third-order valence-electron chi connectivity index (χ3n) is 5.24. The summed E-state index contributed by atoms with van der Waals surface area (Å²) in [5.74, 6) is -6.07. The molecule has 0 aliphatic rings. The predicted molar refractivity (Wildman–Crippen MR) is 124 cm³/mol. The summed E-state index contributed by atoms with van der Waals surface area (Å²) in [7, 11) is 3.27. The van der Waals surface area contributed by atoms with Crippen LogP contribution in [-0.2, 0) is 44.7 Å². The number of methoxy groups -OCH3 is 3. The van der Waals surface area contributed by atoms with Crippen molar-refractivity contribution in [1.82, 2.24) is 10.6 Å². The molecule has 3 atom stereocenters. The van der Waals surface area contributed by atoms with Crippen molar-refractivity contribution in [2.75, 3.05) is 21.3 Å². The minimum Gasteiger partial charge on any atom is -0.468 e. The highest BCUT2D eigenvalue weighted by atomic mass is 16.6. The van der Waals surface area contributed by atoms with Gasteiger partial charge in [-0.05, 0) is 17.9 Å². The summed E-state index contributed by atoms with van der Waals surface area (Å²) < 4.78 is 19.3. The van der Waals surface area contributed by atoms with Crippen molar-refractivity contribution in [3.63, 3.8) is 0 Å². The Kier molecular flexibility index (Phi) is 12.3. The molecule has 2 N–H and O–H groups in total. The van der Waals surface area contributed by atoms with Gasteiger partial charge < -0.3 is 29.6 Å². The standard InChI is InChI=1S/C24H34N2O9/c1-14(2)12-17(25-24(31)35-13-16-10-8-7-9-11-16)20(27)26-19(23(30)34-6)15(3)18(21(28)32-4)22(29)33-5/h7-11,14-15,17-19H,12-13H2,1-6H3,(H,25,31)(H,26,27)/t15-,17+,19+/m1/s1. The normalized spacial score (nSPS) is 13.3. The zero-order valence-electron chi connectivity index (χ0n) is 20.9. The first kappa shape index (κ1) is 29.4. The minimum atomic E-state index is -1.50. The molecule has 0 saturated heterocycles. The fourth-order valence-electron chi connectivity index (χ4n) is 3.37. The Morgan fingerprint density at radius 1 is 0.800 bits per heavy atom. The molecular weight excluding hydrogens is 460 g/mol. The summed E-state index contributed by atoms with van der Waals surface area (Å²) in [5, 5.41) is 5.00. The summed E-state index contributed by atoms with van der Waals surface area (Å²) >= 11 is 0. The van der Waals surface area contributed by atoms with Crippen LogP contribution in [0.15, 0.2) is 30.3 Å². The topological polar surface area (TPSA) is 146 Å². The van der Waals surface area contributed by atoms with Crippen LogP contribution in [0.4, 0.5) is 4.79 Å². The van der Waals surface area contributed by atoms with Crippen molar-refractivity contribution in [1.29, 1.82) is 0 Å². The van der Waals surface area contributed by atoms with Gasteiger partial charge in [-0.2, -0.15) is 0 Å². The van der Waals surface area contributed by atoms with Gasteiger partial charge in [-0.25, -0.2) is 9.59 Å². The number of carbonyl (C=O) groups is 5. The number of hydrogen-bond donors (Lipinski definition) is 2. The van der Waals surface area contributed by atoms with Gasteiger partial charge in [-0.15, -0.1) is 0 Å². The zero-order chi connectivity index (χ0) is 26.5. The van der Waals surface area contributed by atoms with Crippen LogP contribution in [0, 0.1) is 17.8 Å².